The lowest BCUT2D eigenvalue weighted by atomic mass is 10.1. The minimum atomic E-state index is -5.19. The van der Waals surface area contributed by atoms with Gasteiger partial charge in [-0.3, -0.25) is 29.4 Å². The number of nitrogens with two attached hydrogens (primary N) is 2. The number of carboxylic acid groups (broad SMARTS) is 2. The van der Waals surface area contributed by atoms with Gasteiger partial charge in [0.05, 0.1) is 42.3 Å². The van der Waals surface area contributed by atoms with Crippen molar-refractivity contribution in [2.45, 2.75) is 51.7 Å². The zero-order chi connectivity index (χ0) is 70.1. The van der Waals surface area contributed by atoms with Crippen LogP contribution in [0.15, 0.2) is 206 Å². The first-order valence-electron chi connectivity index (χ1n) is 29.6. The fourth-order valence-electron chi connectivity index (χ4n) is 9.58. The molecule has 0 saturated carbocycles. The molecule has 0 aliphatic carbocycles. The number of alkyl halides is 6. The molecule has 96 heavy (non-hydrogen) atoms. The number of quaternary nitrogens is 2. The van der Waals surface area contributed by atoms with Crippen molar-refractivity contribution in [2.24, 2.45) is 11.5 Å². The van der Waals surface area contributed by atoms with Gasteiger partial charge in [-0.1, -0.05) is 121 Å². The number of halogens is 6. The second-order valence-electron chi connectivity index (χ2n) is 23.7. The monoisotopic (exact) mass is 1320 g/mol. The van der Waals surface area contributed by atoms with Crippen molar-refractivity contribution in [3.05, 3.63) is 262 Å². The molecule has 2 amide bonds. The van der Waals surface area contributed by atoms with Crippen LogP contribution in [0.25, 0.3) is 21.8 Å². The zero-order valence-electron chi connectivity index (χ0n) is 53.3. The summed E-state index contributed by atoms with van der Waals surface area (Å²) in [7, 11) is 12.7. The molecule has 0 bridgehead atoms. The van der Waals surface area contributed by atoms with Gasteiger partial charge in [-0.2, -0.15) is 26.3 Å². The number of amides is 2. The van der Waals surface area contributed by atoms with Crippen LogP contribution in [-0.4, -0.2) is 99.2 Å². The van der Waals surface area contributed by atoms with E-state index >= 15 is 0 Å². The van der Waals surface area contributed by atoms with E-state index in [1.807, 2.05) is 167 Å². The summed E-state index contributed by atoms with van der Waals surface area (Å²) in [4.78, 5) is 44.7. The topological polar surface area (TPSA) is 267 Å². The quantitative estimate of drug-likeness (QED) is 0.0182. The lowest BCUT2D eigenvalue weighted by Crippen LogP contribution is -2.37. The summed E-state index contributed by atoms with van der Waals surface area (Å²) in [6.45, 7) is 2.67. The molecule has 8 N–H and O–H groups in total. The van der Waals surface area contributed by atoms with Crippen LogP contribution in [0.4, 0.5) is 37.7 Å². The Balaban J connectivity index is 0.000000226. The Morgan fingerprint density at radius 2 is 0.760 bits per heavy atom. The fourth-order valence-corrected chi connectivity index (χ4v) is 9.58. The summed E-state index contributed by atoms with van der Waals surface area (Å²) in [5, 5.41) is 41.2. The molecule has 8 aromatic carbocycles. The predicted molar refractivity (Wildman–Crippen MR) is 355 cm³/mol. The average molecular weight is 1320 g/mol. The van der Waals surface area contributed by atoms with Gasteiger partial charge in [0, 0.05) is 59.1 Å². The van der Waals surface area contributed by atoms with E-state index in [0.717, 1.165) is 75.7 Å². The Morgan fingerprint density at radius 1 is 0.438 bits per heavy atom. The van der Waals surface area contributed by atoms with Crippen molar-refractivity contribution >= 4 is 68.6 Å². The Kier molecular flexibility index (Phi) is 23.8. The number of ether oxygens (including phenoxy) is 2. The average Bonchev–Trinajstić information content (AvgIpc) is 1.64. The number of carbonyl (C=O) groups is 4. The summed E-state index contributed by atoms with van der Waals surface area (Å²) < 4.78 is 80.7. The molecule has 10 aromatic rings. The number of amidine groups is 2. The van der Waals surface area contributed by atoms with E-state index in [1.165, 1.54) is 11.4 Å². The van der Waals surface area contributed by atoms with Gasteiger partial charge in [0.1, 0.15) is 71.1 Å². The largest absolute Gasteiger partial charge is 0.542 e. The summed E-state index contributed by atoms with van der Waals surface area (Å²) in [5.41, 5.74) is 24.2. The summed E-state index contributed by atoms with van der Waals surface area (Å²) in [5.74, 6) is -4.84. The molecule has 2 heterocycles. The molecule has 0 unspecified atom stereocenters. The lowest BCUT2D eigenvalue weighted by Gasteiger charge is -2.23. The molecule has 0 spiro atoms. The van der Waals surface area contributed by atoms with Crippen LogP contribution < -0.4 is 50.8 Å². The van der Waals surface area contributed by atoms with Gasteiger partial charge in [0.15, 0.2) is 0 Å². The van der Waals surface area contributed by atoms with Gasteiger partial charge in [0.25, 0.3) is 11.8 Å². The fraction of sp³-hybridized carbons (Fsp3) is 0.194. The summed E-state index contributed by atoms with van der Waals surface area (Å²) >= 11 is 0. The number of hydrogen-bond donors (Lipinski definition) is 6. The zero-order valence-corrected chi connectivity index (χ0v) is 53.3. The molecule has 0 saturated heterocycles. The van der Waals surface area contributed by atoms with Crippen molar-refractivity contribution in [3.8, 4) is 11.5 Å². The van der Waals surface area contributed by atoms with Crippen LogP contribution in [0, 0.1) is 10.8 Å². The molecule has 0 aliphatic heterocycles. The Hall–Kier alpha value is -11.2. The number of benzene rings is 8. The van der Waals surface area contributed by atoms with Crippen LogP contribution in [0.5, 0.6) is 11.5 Å². The second kappa shape index (κ2) is 31.6. The molecule has 0 atom stereocenters. The van der Waals surface area contributed by atoms with E-state index < -0.39 is 24.3 Å². The number of nitrogen functional groups attached to an aromatic ring is 2. The number of carbonyl (C=O) groups excluding carboxylic acids is 4. The van der Waals surface area contributed by atoms with Crippen LogP contribution >= 0.6 is 0 Å². The summed E-state index contributed by atoms with van der Waals surface area (Å²) in [6.07, 6.45) is -10.4. The van der Waals surface area contributed by atoms with Crippen molar-refractivity contribution in [2.75, 3.05) is 42.3 Å². The highest BCUT2D eigenvalue weighted by atomic mass is 19.4. The minimum Gasteiger partial charge on any atom is -0.542 e. The molecule has 24 heteroatoms. The molecular formula is C72H72F6N10O8. The van der Waals surface area contributed by atoms with Crippen molar-refractivity contribution < 1.29 is 65.2 Å². The van der Waals surface area contributed by atoms with Crippen LogP contribution in [0.1, 0.15) is 65.5 Å². The van der Waals surface area contributed by atoms with E-state index in [0.29, 0.717) is 61.9 Å². The Bertz CT molecular complexity index is 4070. The first-order chi connectivity index (χ1) is 45.2. The first kappa shape index (κ1) is 72.2. The highest BCUT2D eigenvalue weighted by Crippen LogP contribution is 2.30. The van der Waals surface area contributed by atoms with Crippen molar-refractivity contribution in [3.63, 3.8) is 0 Å². The molecular weight excluding hydrogens is 1250 g/mol. The van der Waals surface area contributed by atoms with E-state index in [9.17, 15) is 35.9 Å². The van der Waals surface area contributed by atoms with E-state index in [-0.39, 0.29) is 23.5 Å². The molecule has 0 fully saturated rings. The SMILES string of the molecule is C[N+](C)(C)c1ccc(CNC(=O)c2cc3cc(OCc4ccccc4)ccc3n2Cc2cccc(C(=N)N)c2)cc1.C[N+](C)(C)c1ccc(CNC(=O)c2cc3cc(OCc4ccccc4)ccc3n2Cc2cccc(C(=N)N)c2)cc1.O=C([O-])C(F)(F)F.O=C([O-])C(F)(F)F. The predicted octanol–water partition coefficient (Wildman–Crippen LogP) is 9.96. The third kappa shape index (κ3) is 20.9. The lowest BCUT2D eigenvalue weighted by molar-refractivity contribution is -0.344. The normalized spacial score (nSPS) is 11.4. The number of aliphatic carboxylic acids is 2. The van der Waals surface area contributed by atoms with Gasteiger partial charge < -0.3 is 60.5 Å². The van der Waals surface area contributed by atoms with Gasteiger partial charge in [0.2, 0.25) is 0 Å². The third-order valence-electron chi connectivity index (χ3n) is 14.7. The van der Waals surface area contributed by atoms with Gasteiger partial charge >= 0.3 is 12.4 Å². The van der Waals surface area contributed by atoms with Crippen molar-refractivity contribution in [1.82, 2.24) is 28.7 Å². The molecule has 10 rings (SSSR count). The van der Waals surface area contributed by atoms with E-state index in [2.05, 4.69) is 101 Å². The number of carboxylic acids is 2. The Labute approximate surface area is 550 Å². The van der Waals surface area contributed by atoms with E-state index in [1.54, 1.807) is 0 Å². The number of nitrogens with zero attached hydrogens (tertiary/aromatic N) is 4. The molecule has 0 radical (unpaired) electrons. The number of aromatic nitrogens is 2. The van der Waals surface area contributed by atoms with Gasteiger partial charge in [-0.05, 0) is 118 Å². The minimum absolute atomic E-state index is 0.0127. The van der Waals surface area contributed by atoms with Crippen LogP contribution in [-0.2, 0) is 49.0 Å². The molecule has 500 valence electrons. The standard InChI is InChI=1S/2C34H35N5O2.2C2HF3O2/c2*1-39(2,3)29-14-12-24(13-15-29)21-37-34(40)32-20-28-19-30(41-23-25-8-5-4-6-9-25)16-17-31(28)38(32)22-26-10-7-11-27(18-26)33(35)36;2*3-2(4,5)1(6)7/h2*4-20H,21-23H2,1-3H3,(H3-,35,36,37,40);2*(H,6,7). The number of rotatable bonds is 20. The maximum atomic E-state index is 13.6. The van der Waals surface area contributed by atoms with Gasteiger partial charge in [-0.25, -0.2) is 0 Å². The highest BCUT2D eigenvalue weighted by Gasteiger charge is 2.30. The van der Waals surface area contributed by atoms with E-state index in [4.69, 9.17) is 51.6 Å². The number of hydrogen-bond acceptors (Lipinski definition) is 10. The van der Waals surface area contributed by atoms with Crippen LogP contribution in [0.2, 0.25) is 0 Å². The third-order valence-corrected chi connectivity index (χ3v) is 14.7. The molecule has 0 aliphatic rings. The molecule has 2 aromatic heterocycles. The van der Waals surface area contributed by atoms with Crippen molar-refractivity contribution in [1.29, 1.82) is 10.8 Å². The summed E-state index contributed by atoms with van der Waals surface area (Å²) in [6, 6.07) is 67.4. The smallest absolute Gasteiger partial charge is 0.430 e. The highest BCUT2D eigenvalue weighted by molar-refractivity contribution is 6.00. The first-order valence-corrected chi connectivity index (χ1v) is 29.6. The second-order valence-corrected chi connectivity index (χ2v) is 23.7. The Morgan fingerprint density at radius 3 is 1.06 bits per heavy atom. The number of nitrogens with one attached hydrogen (secondary N) is 4. The number of fused-ring (bicyclic) bond motifs is 2. The maximum Gasteiger partial charge on any atom is 0.430 e. The van der Waals surface area contributed by atoms with Crippen LogP contribution in [0.3, 0.4) is 0 Å². The molecule has 18 nitrogen and oxygen atoms in total. The maximum absolute atomic E-state index is 13.6. The van der Waals surface area contributed by atoms with Gasteiger partial charge in [-0.15, -0.1) is 0 Å².